The lowest BCUT2D eigenvalue weighted by Crippen LogP contribution is -2.39. The van der Waals surface area contributed by atoms with E-state index in [1.807, 2.05) is 12.1 Å². The van der Waals surface area contributed by atoms with E-state index in [4.69, 9.17) is 15.3 Å². The van der Waals surface area contributed by atoms with Crippen LogP contribution < -0.4 is 16.0 Å². The van der Waals surface area contributed by atoms with Crippen molar-refractivity contribution < 1.29 is 9.47 Å². The Morgan fingerprint density at radius 2 is 2.24 bits per heavy atom. The highest BCUT2D eigenvalue weighted by Crippen LogP contribution is 2.40. The Bertz CT molecular complexity index is 369. The van der Waals surface area contributed by atoms with E-state index in [9.17, 15) is 0 Å². The Balaban J connectivity index is 2.26. The van der Waals surface area contributed by atoms with Gasteiger partial charge < -0.3 is 9.47 Å². The highest BCUT2D eigenvalue weighted by Gasteiger charge is 2.38. The number of hydrogen-bond donors (Lipinski definition) is 2. The minimum absolute atomic E-state index is 0.0452. The molecule has 0 saturated heterocycles. The second-order valence-corrected chi connectivity index (χ2v) is 4.27. The van der Waals surface area contributed by atoms with Crippen LogP contribution in [-0.4, -0.2) is 25.3 Å². The summed E-state index contributed by atoms with van der Waals surface area (Å²) in [5, 5.41) is 0. The molecule has 94 valence electrons. The van der Waals surface area contributed by atoms with E-state index >= 15 is 0 Å². The zero-order chi connectivity index (χ0) is 12.3. The average molecular weight is 237 g/mol. The third kappa shape index (κ3) is 2.57. The minimum atomic E-state index is -0.136. The predicted molar refractivity (Wildman–Crippen MR) is 64.4 cm³/mol. The fraction of sp³-hybridized carbons (Fsp3) is 0.583. The van der Waals surface area contributed by atoms with Crippen LogP contribution in [0.15, 0.2) is 18.3 Å². The van der Waals surface area contributed by atoms with Crippen LogP contribution in [0.2, 0.25) is 0 Å². The smallest absolute Gasteiger partial charge is 0.142 e. The largest absolute Gasteiger partial charge is 0.495 e. The second-order valence-electron chi connectivity index (χ2n) is 4.27. The van der Waals surface area contributed by atoms with Gasteiger partial charge in [0.1, 0.15) is 11.4 Å². The highest BCUT2D eigenvalue weighted by atomic mass is 16.5. The van der Waals surface area contributed by atoms with Gasteiger partial charge in [0.05, 0.1) is 19.3 Å². The Morgan fingerprint density at radius 3 is 2.76 bits per heavy atom. The first-order chi connectivity index (χ1) is 8.31. The maximum atomic E-state index is 5.64. The van der Waals surface area contributed by atoms with Crippen LogP contribution in [0, 0.1) is 5.92 Å². The summed E-state index contributed by atoms with van der Waals surface area (Å²) in [5.41, 5.74) is 3.60. The topological polar surface area (TPSA) is 69.4 Å². The first-order valence-corrected chi connectivity index (χ1v) is 5.79. The molecule has 3 N–H and O–H groups in total. The maximum absolute atomic E-state index is 5.64. The number of ether oxygens (including phenoxy) is 2. The molecule has 0 aromatic carbocycles. The molecule has 0 bridgehead atoms. The Labute approximate surface area is 101 Å². The molecule has 1 aromatic rings. The molecular weight excluding hydrogens is 218 g/mol. The van der Waals surface area contributed by atoms with Gasteiger partial charge >= 0.3 is 0 Å². The van der Waals surface area contributed by atoms with Crippen molar-refractivity contribution in [3.8, 4) is 5.75 Å². The predicted octanol–water partition coefficient (Wildman–Crippen LogP) is 1.02. The number of methoxy groups -OCH3 is 2. The second kappa shape index (κ2) is 5.44. The van der Waals surface area contributed by atoms with Crippen molar-refractivity contribution in [2.75, 3.05) is 14.2 Å². The summed E-state index contributed by atoms with van der Waals surface area (Å²) >= 11 is 0. The van der Waals surface area contributed by atoms with Gasteiger partial charge in [-0.15, -0.1) is 0 Å². The zero-order valence-electron chi connectivity index (χ0n) is 10.2. The first kappa shape index (κ1) is 12.3. The quantitative estimate of drug-likeness (QED) is 0.571. The van der Waals surface area contributed by atoms with Crippen molar-refractivity contribution in [2.45, 2.75) is 25.0 Å². The fourth-order valence-electron chi connectivity index (χ4n) is 2.16. The molecule has 1 aliphatic rings. The van der Waals surface area contributed by atoms with Crippen molar-refractivity contribution in [2.24, 2.45) is 11.8 Å². The number of aromatic nitrogens is 1. The normalized spacial score (nSPS) is 18.8. The van der Waals surface area contributed by atoms with E-state index in [1.165, 1.54) is 12.8 Å². The van der Waals surface area contributed by atoms with E-state index in [0.717, 1.165) is 11.4 Å². The molecule has 2 unspecified atom stereocenters. The van der Waals surface area contributed by atoms with Crippen molar-refractivity contribution in [3.05, 3.63) is 24.0 Å². The highest BCUT2D eigenvalue weighted by molar-refractivity contribution is 5.30. The number of nitrogens with one attached hydrogen (secondary N) is 1. The molecule has 0 aliphatic heterocycles. The maximum Gasteiger partial charge on any atom is 0.142 e. The Hall–Kier alpha value is -1.17. The molecule has 2 atom stereocenters. The fourth-order valence-corrected chi connectivity index (χ4v) is 2.16. The number of pyridine rings is 1. The monoisotopic (exact) mass is 237 g/mol. The third-order valence-electron chi connectivity index (χ3n) is 3.18. The van der Waals surface area contributed by atoms with Gasteiger partial charge in [0.2, 0.25) is 0 Å². The lowest BCUT2D eigenvalue weighted by atomic mass is 10.0. The number of hydrogen-bond acceptors (Lipinski definition) is 5. The van der Waals surface area contributed by atoms with Crippen LogP contribution >= 0.6 is 0 Å². The lowest BCUT2D eigenvalue weighted by Gasteiger charge is -2.25. The molecule has 17 heavy (non-hydrogen) atoms. The Morgan fingerprint density at radius 1 is 1.47 bits per heavy atom. The molecule has 5 nitrogen and oxygen atoms in total. The Kier molecular flexibility index (Phi) is 3.93. The SMILES string of the molecule is COc1cccnc1C(NN)C(OC)C1CC1. The van der Waals surface area contributed by atoms with E-state index < -0.39 is 0 Å². The van der Waals surface area contributed by atoms with Gasteiger partial charge in [-0.05, 0) is 30.9 Å². The molecule has 0 radical (unpaired) electrons. The molecule has 1 aromatic heterocycles. The molecule has 1 fully saturated rings. The van der Waals surface area contributed by atoms with Crippen LogP contribution in [0.1, 0.15) is 24.6 Å². The van der Waals surface area contributed by atoms with Gasteiger partial charge in [-0.2, -0.15) is 0 Å². The molecule has 5 heteroatoms. The molecule has 1 heterocycles. The summed E-state index contributed by atoms with van der Waals surface area (Å²) < 4.78 is 10.9. The first-order valence-electron chi connectivity index (χ1n) is 5.79. The van der Waals surface area contributed by atoms with Crippen LogP contribution in [-0.2, 0) is 4.74 Å². The summed E-state index contributed by atoms with van der Waals surface area (Å²) in [6.45, 7) is 0. The van der Waals surface area contributed by atoms with Gasteiger partial charge in [-0.25, -0.2) is 5.43 Å². The third-order valence-corrected chi connectivity index (χ3v) is 3.18. The van der Waals surface area contributed by atoms with Crippen LogP contribution in [0.4, 0.5) is 0 Å². The molecule has 1 saturated carbocycles. The van der Waals surface area contributed by atoms with Gasteiger partial charge in [0.15, 0.2) is 0 Å². The molecule has 2 rings (SSSR count). The van der Waals surface area contributed by atoms with Crippen LogP contribution in [0.3, 0.4) is 0 Å². The molecule has 1 aliphatic carbocycles. The van der Waals surface area contributed by atoms with Crippen molar-refractivity contribution in [3.63, 3.8) is 0 Å². The number of nitrogens with two attached hydrogens (primary N) is 1. The summed E-state index contributed by atoms with van der Waals surface area (Å²) in [5.74, 6) is 6.94. The van der Waals surface area contributed by atoms with Crippen LogP contribution in [0.25, 0.3) is 0 Å². The van der Waals surface area contributed by atoms with E-state index in [0.29, 0.717) is 5.92 Å². The summed E-state index contributed by atoms with van der Waals surface area (Å²) in [6, 6.07) is 3.59. The summed E-state index contributed by atoms with van der Waals surface area (Å²) in [4.78, 5) is 4.35. The van der Waals surface area contributed by atoms with Crippen molar-refractivity contribution >= 4 is 0 Å². The van der Waals surface area contributed by atoms with E-state index in [1.54, 1.807) is 20.4 Å². The van der Waals surface area contributed by atoms with Gasteiger partial charge in [-0.1, -0.05) is 0 Å². The number of nitrogens with zero attached hydrogens (tertiary/aromatic N) is 1. The van der Waals surface area contributed by atoms with Crippen molar-refractivity contribution in [1.29, 1.82) is 0 Å². The zero-order valence-corrected chi connectivity index (χ0v) is 10.2. The lowest BCUT2D eigenvalue weighted by molar-refractivity contribution is 0.0486. The van der Waals surface area contributed by atoms with Gasteiger partial charge in [0, 0.05) is 13.3 Å². The van der Waals surface area contributed by atoms with Gasteiger partial charge in [-0.3, -0.25) is 10.8 Å². The van der Waals surface area contributed by atoms with E-state index in [-0.39, 0.29) is 12.1 Å². The average Bonchev–Trinajstić information content (AvgIpc) is 3.20. The molecular formula is C12H19N3O2. The standard InChI is InChI=1S/C12H19N3O2/c1-16-9-4-3-7-14-10(9)11(15-13)12(17-2)8-5-6-8/h3-4,7-8,11-12,15H,5-6,13H2,1-2H3. The van der Waals surface area contributed by atoms with E-state index in [2.05, 4.69) is 10.4 Å². The molecule has 0 amide bonds. The number of hydrazine groups is 1. The summed E-state index contributed by atoms with van der Waals surface area (Å²) in [6.07, 6.45) is 4.16. The van der Waals surface area contributed by atoms with Gasteiger partial charge in [0.25, 0.3) is 0 Å². The van der Waals surface area contributed by atoms with Crippen LogP contribution in [0.5, 0.6) is 5.75 Å². The summed E-state index contributed by atoms with van der Waals surface area (Å²) in [7, 11) is 3.34. The molecule has 0 spiro atoms. The van der Waals surface area contributed by atoms with Crippen molar-refractivity contribution in [1.82, 2.24) is 10.4 Å². The number of rotatable bonds is 6. The minimum Gasteiger partial charge on any atom is -0.495 e.